The highest BCUT2D eigenvalue weighted by Gasteiger charge is 1.95. The zero-order chi connectivity index (χ0) is 12.5. The number of unbranched alkanes of at least 4 members (excludes halogenated alkanes) is 1. The molecule has 0 radical (unpaired) electrons. The number of benzene rings is 1. The summed E-state index contributed by atoms with van der Waals surface area (Å²) < 4.78 is 5.60. The van der Waals surface area contributed by atoms with Gasteiger partial charge in [-0.25, -0.2) is 5.84 Å². The lowest BCUT2D eigenvalue weighted by Crippen LogP contribution is -2.26. The molecule has 0 saturated carbocycles. The monoisotopic (exact) mass is 235 g/mol. The molecule has 0 spiro atoms. The van der Waals surface area contributed by atoms with Gasteiger partial charge in [-0.3, -0.25) is 0 Å². The van der Waals surface area contributed by atoms with Gasteiger partial charge in [0.15, 0.2) is 0 Å². The number of nitrogens with zero attached hydrogens (tertiary/aromatic N) is 1. The first-order valence-electron chi connectivity index (χ1n) is 5.81. The summed E-state index contributed by atoms with van der Waals surface area (Å²) >= 11 is 0. The fourth-order valence-corrected chi connectivity index (χ4v) is 1.41. The zero-order valence-electron chi connectivity index (χ0n) is 10.3. The summed E-state index contributed by atoms with van der Waals surface area (Å²) in [5.74, 6) is 6.54. The fraction of sp³-hybridized carbons (Fsp3) is 0.385. The van der Waals surface area contributed by atoms with E-state index in [2.05, 4.69) is 6.92 Å². The van der Waals surface area contributed by atoms with Crippen LogP contribution < -0.4 is 16.3 Å². The number of hydrogen-bond acceptors (Lipinski definition) is 4. The smallest absolute Gasteiger partial charge is 0.119 e. The van der Waals surface area contributed by atoms with Crippen molar-refractivity contribution in [3.8, 4) is 5.75 Å². The number of nitrogens with two attached hydrogens (primary N) is 2. The second-order valence-electron chi connectivity index (χ2n) is 3.95. The van der Waals surface area contributed by atoms with Gasteiger partial charge >= 0.3 is 0 Å². The van der Waals surface area contributed by atoms with Crippen LogP contribution in [0, 0.1) is 6.92 Å². The number of hydrazine groups is 1. The normalized spacial score (nSPS) is 10.7. The highest BCUT2D eigenvalue weighted by Crippen LogP contribution is 2.11. The van der Waals surface area contributed by atoms with Crippen LogP contribution in [0.15, 0.2) is 36.7 Å². The molecule has 17 heavy (non-hydrogen) atoms. The number of hydrogen-bond donors (Lipinski definition) is 2. The lowest BCUT2D eigenvalue weighted by atomic mass is 10.2. The highest BCUT2D eigenvalue weighted by atomic mass is 16.5. The summed E-state index contributed by atoms with van der Waals surface area (Å²) in [5.41, 5.74) is 6.46. The van der Waals surface area contributed by atoms with E-state index in [0.29, 0.717) is 6.61 Å². The summed E-state index contributed by atoms with van der Waals surface area (Å²) in [6.07, 6.45) is 5.04. The Morgan fingerprint density at radius 3 is 2.59 bits per heavy atom. The number of aryl methyl sites for hydroxylation is 1. The highest BCUT2D eigenvalue weighted by molar-refractivity contribution is 5.26. The first kappa shape index (κ1) is 13.4. The second kappa shape index (κ2) is 7.57. The molecule has 1 rings (SSSR count). The molecular formula is C13H21N3O. The maximum Gasteiger partial charge on any atom is 0.119 e. The summed E-state index contributed by atoms with van der Waals surface area (Å²) in [7, 11) is 0. The number of ether oxygens (including phenoxy) is 1. The second-order valence-corrected chi connectivity index (χ2v) is 3.95. The van der Waals surface area contributed by atoms with Crippen molar-refractivity contribution in [3.05, 3.63) is 42.2 Å². The topological polar surface area (TPSA) is 64.5 Å². The fourth-order valence-electron chi connectivity index (χ4n) is 1.41. The van der Waals surface area contributed by atoms with E-state index in [1.54, 1.807) is 11.2 Å². The molecule has 1 aromatic rings. The number of rotatable bonds is 7. The first-order chi connectivity index (χ1) is 8.22. The van der Waals surface area contributed by atoms with Crippen LogP contribution in [0.3, 0.4) is 0 Å². The lowest BCUT2D eigenvalue weighted by Gasteiger charge is -2.12. The van der Waals surface area contributed by atoms with Gasteiger partial charge < -0.3 is 15.5 Å². The molecular weight excluding hydrogens is 214 g/mol. The van der Waals surface area contributed by atoms with E-state index in [0.717, 1.165) is 25.1 Å². The Bertz CT molecular complexity index is 335. The standard InChI is InChI=1S/C13H21N3O/c1-12-4-6-13(7-5-12)17-11-3-2-9-16(15)10-8-14/h4-8,10H,2-3,9,11,14-15H2,1H3/b10-8-. The largest absolute Gasteiger partial charge is 0.494 e. The Morgan fingerprint density at radius 1 is 1.24 bits per heavy atom. The molecule has 94 valence electrons. The van der Waals surface area contributed by atoms with Crippen LogP contribution >= 0.6 is 0 Å². The van der Waals surface area contributed by atoms with E-state index in [9.17, 15) is 0 Å². The van der Waals surface area contributed by atoms with E-state index in [-0.39, 0.29) is 0 Å². The van der Waals surface area contributed by atoms with E-state index in [1.807, 2.05) is 24.3 Å². The van der Waals surface area contributed by atoms with E-state index in [1.165, 1.54) is 11.8 Å². The van der Waals surface area contributed by atoms with Crippen LogP contribution in [0.5, 0.6) is 5.75 Å². The predicted octanol–water partition coefficient (Wildman–Crippen LogP) is 1.76. The molecule has 1 aromatic carbocycles. The van der Waals surface area contributed by atoms with Crippen molar-refractivity contribution < 1.29 is 4.74 Å². The van der Waals surface area contributed by atoms with Crippen LogP contribution in [0.4, 0.5) is 0 Å². The molecule has 0 atom stereocenters. The van der Waals surface area contributed by atoms with Crippen molar-refractivity contribution in [2.24, 2.45) is 11.6 Å². The van der Waals surface area contributed by atoms with E-state index in [4.69, 9.17) is 16.3 Å². The molecule has 0 fully saturated rings. The maximum atomic E-state index is 5.62. The van der Waals surface area contributed by atoms with Gasteiger partial charge in [0.25, 0.3) is 0 Å². The van der Waals surface area contributed by atoms with Gasteiger partial charge in [-0.1, -0.05) is 17.7 Å². The van der Waals surface area contributed by atoms with Crippen LogP contribution in [0.1, 0.15) is 18.4 Å². The predicted molar refractivity (Wildman–Crippen MR) is 70.1 cm³/mol. The Hall–Kier alpha value is -1.68. The van der Waals surface area contributed by atoms with Gasteiger partial charge in [0.1, 0.15) is 5.75 Å². The Labute approximate surface area is 103 Å². The van der Waals surface area contributed by atoms with Crippen LogP contribution in [0.2, 0.25) is 0 Å². The average molecular weight is 235 g/mol. The molecule has 0 unspecified atom stereocenters. The van der Waals surface area contributed by atoms with Crippen molar-refractivity contribution in [1.82, 2.24) is 5.01 Å². The van der Waals surface area contributed by atoms with Crippen LogP contribution in [-0.4, -0.2) is 18.2 Å². The molecule has 0 saturated heterocycles. The molecule has 4 heteroatoms. The molecule has 0 aromatic heterocycles. The minimum atomic E-state index is 0.712. The minimum Gasteiger partial charge on any atom is -0.494 e. The average Bonchev–Trinajstić information content (AvgIpc) is 2.31. The third-order valence-electron chi connectivity index (χ3n) is 2.38. The third kappa shape index (κ3) is 5.82. The Kier molecular flexibility index (Phi) is 5.96. The quantitative estimate of drug-likeness (QED) is 0.429. The third-order valence-corrected chi connectivity index (χ3v) is 2.38. The van der Waals surface area contributed by atoms with Crippen LogP contribution in [0.25, 0.3) is 0 Å². The molecule has 4 nitrogen and oxygen atoms in total. The van der Waals surface area contributed by atoms with Gasteiger partial charge in [-0.2, -0.15) is 0 Å². The van der Waals surface area contributed by atoms with Crippen molar-refractivity contribution in [1.29, 1.82) is 0 Å². The molecule has 0 heterocycles. The van der Waals surface area contributed by atoms with Gasteiger partial charge in [0.05, 0.1) is 6.61 Å². The van der Waals surface area contributed by atoms with Crippen LogP contribution in [-0.2, 0) is 0 Å². The van der Waals surface area contributed by atoms with Gasteiger partial charge in [0, 0.05) is 18.9 Å². The van der Waals surface area contributed by atoms with Crippen molar-refractivity contribution in [2.45, 2.75) is 19.8 Å². The first-order valence-corrected chi connectivity index (χ1v) is 5.81. The lowest BCUT2D eigenvalue weighted by molar-refractivity contribution is 0.291. The molecule has 0 aliphatic heterocycles. The van der Waals surface area contributed by atoms with Crippen molar-refractivity contribution >= 4 is 0 Å². The Balaban J connectivity index is 2.10. The summed E-state index contributed by atoms with van der Waals surface area (Å²) in [4.78, 5) is 0. The van der Waals surface area contributed by atoms with Gasteiger partial charge in [-0.05, 0) is 31.9 Å². The molecule has 0 amide bonds. The summed E-state index contributed by atoms with van der Waals surface area (Å²) in [6, 6.07) is 8.06. The summed E-state index contributed by atoms with van der Waals surface area (Å²) in [6.45, 7) is 3.55. The van der Waals surface area contributed by atoms with Gasteiger partial charge in [-0.15, -0.1) is 0 Å². The van der Waals surface area contributed by atoms with Crippen molar-refractivity contribution in [2.75, 3.05) is 13.2 Å². The zero-order valence-corrected chi connectivity index (χ0v) is 10.3. The van der Waals surface area contributed by atoms with E-state index < -0.39 is 0 Å². The Morgan fingerprint density at radius 2 is 1.94 bits per heavy atom. The SMILES string of the molecule is Cc1ccc(OCCCCN(N)/C=C\N)cc1. The molecule has 0 bridgehead atoms. The maximum absolute atomic E-state index is 5.62. The summed E-state index contributed by atoms with van der Waals surface area (Å²) in [5, 5.41) is 1.58. The van der Waals surface area contributed by atoms with Gasteiger partial charge in [0.2, 0.25) is 0 Å². The molecule has 4 N–H and O–H groups in total. The van der Waals surface area contributed by atoms with E-state index >= 15 is 0 Å². The molecule has 0 aliphatic carbocycles. The molecule has 0 aliphatic rings. The minimum absolute atomic E-state index is 0.712. The van der Waals surface area contributed by atoms with Crippen molar-refractivity contribution in [3.63, 3.8) is 0 Å².